The van der Waals surface area contributed by atoms with Gasteiger partial charge < -0.3 is 10.4 Å². The molecule has 1 unspecified atom stereocenters. The second-order valence-electron chi connectivity index (χ2n) is 3.94. The number of carboxylic acids is 1. The fraction of sp³-hybridized carbons (Fsp3) is 0.700. The Morgan fingerprint density at radius 3 is 2.69 bits per heavy atom. The molecule has 0 radical (unpaired) electrons. The number of nitrogens with one attached hydrogen (secondary N) is 1. The number of nitrogens with zero attached hydrogens (tertiary/aromatic N) is 2. The van der Waals surface area contributed by atoms with Crippen molar-refractivity contribution in [3.05, 3.63) is 5.82 Å². The van der Waals surface area contributed by atoms with Crippen LogP contribution in [0.4, 0.5) is 5.13 Å². The Morgan fingerprint density at radius 2 is 2.25 bits per heavy atom. The zero-order valence-electron chi connectivity index (χ0n) is 9.73. The van der Waals surface area contributed by atoms with Crippen molar-refractivity contribution >= 4 is 22.6 Å². The van der Waals surface area contributed by atoms with Gasteiger partial charge in [0, 0.05) is 24.0 Å². The number of rotatable bonds is 6. The van der Waals surface area contributed by atoms with Gasteiger partial charge in [-0.05, 0) is 6.42 Å². The first-order chi connectivity index (χ1) is 7.54. The highest BCUT2D eigenvalue weighted by molar-refractivity contribution is 7.09. The van der Waals surface area contributed by atoms with Gasteiger partial charge in [0.1, 0.15) is 5.82 Å². The summed E-state index contributed by atoms with van der Waals surface area (Å²) in [5, 5.41) is 12.6. The Kier molecular flexibility index (Phi) is 4.67. The third-order valence-electron chi connectivity index (χ3n) is 2.30. The minimum absolute atomic E-state index is 0.299. The molecule has 0 saturated heterocycles. The fourth-order valence-electron chi connectivity index (χ4n) is 1.16. The molecular formula is C10H17N3O2S. The Labute approximate surface area is 99.1 Å². The van der Waals surface area contributed by atoms with E-state index in [0.717, 1.165) is 5.82 Å². The molecule has 1 aromatic heterocycles. The second-order valence-corrected chi connectivity index (χ2v) is 4.69. The molecule has 6 heteroatoms. The minimum Gasteiger partial charge on any atom is -0.481 e. The van der Waals surface area contributed by atoms with E-state index in [0.29, 0.717) is 24.0 Å². The molecule has 0 aliphatic carbocycles. The number of aliphatic carboxylic acids is 1. The first kappa shape index (κ1) is 12.9. The van der Waals surface area contributed by atoms with E-state index >= 15 is 0 Å². The summed E-state index contributed by atoms with van der Waals surface area (Å²) in [5.41, 5.74) is 0. The zero-order chi connectivity index (χ0) is 12.1. The van der Waals surface area contributed by atoms with Gasteiger partial charge in [-0.15, -0.1) is 0 Å². The van der Waals surface area contributed by atoms with Gasteiger partial charge in [-0.1, -0.05) is 20.8 Å². The highest BCUT2D eigenvalue weighted by Crippen LogP contribution is 2.17. The molecule has 16 heavy (non-hydrogen) atoms. The smallest absolute Gasteiger partial charge is 0.308 e. The molecule has 0 bridgehead atoms. The Balaban J connectivity index is 2.50. The van der Waals surface area contributed by atoms with Crippen LogP contribution in [0.1, 0.15) is 38.9 Å². The second kappa shape index (κ2) is 5.79. The van der Waals surface area contributed by atoms with E-state index < -0.39 is 5.97 Å². The van der Waals surface area contributed by atoms with Crippen molar-refractivity contribution in [1.82, 2.24) is 9.36 Å². The van der Waals surface area contributed by atoms with Crippen LogP contribution in [0, 0.1) is 5.92 Å². The molecule has 90 valence electrons. The monoisotopic (exact) mass is 243 g/mol. The predicted molar refractivity (Wildman–Crippen MR) is 63.9 cm³/mol. The normalized spacial score (nSPS) is 12.8. The third kappa shape index (κ3) is 3.44. The van der Waals surface area contributed by atoms with Gasteiger partial charge >= 0.3 is 5.97 Å². The summed E-state index contributed by atoms with van der Waals surface area (Å²) in [5.74, 6) is -0.0425. The predicted octanol–water partition coefficient (Wildman–Crippen LogP) is 2.18. The minimum atomic E-state index is -0.774. The molecule has 1 aromatic rings. The quantitative estimate of drug-likeness (QED) is 0.801. The van der Waals surface area contributed by atoms with Crippen LogP contribution in [0.25, 0.3) is 0 Å². The van der Waals surface area contributed by atoms with Crippen molar-refractivity contribution in [3.63, 3.8) is 0 Å². The number of aromatic nitrogens is 2. The summed E-state index contributed by atoms with van der Waals surface area (Å²) in [6, 6.07) is 0. The molecule has 5 nitrogen and oxygen atoms in total. The maximum absolute atomic E-state index is 10.8. The average molecular weight is 243 g/mol. The van der Waals surface area contributed by atoms with Gasteiger partial charge in [0.2, 0.25) is 5.13 Å². The van der Waals surface area contributed by atoms with Crippen LogP contribution in [0.3, 0.4) is 0 Å². The topological polar surface area (TPSA) is 75.1 Å². The number of anilines is 1. The van der Waals surface area contributed by atoms with E-state index in [1.54, 1.807) is 0 Å². The van der Waals surface area contributed by atoms with Crippen molar-refractivity contribution in [2.45, 2.75) is 33.1 Å². The van der Waals surface area contributed by atoms with E-state index in [1.165, 1.54) is 11.5 Å². The lowest BCUT2D eigenvalue weighted by atomic mass is 10.1. The van der Waals surface area contributed by atoms with Gasteiger partial charge in [0.15, 0.2) is 0 Å². The summed E-state index contributed by atoms with van der Waals surface area (Å²) in [6.07, 6.45) is 0.609. The van der Waals surface area contributed by atoms with Gasteiger partial charge in [-0.25, -0.2) is 4.98 Å². The van der Waals surface area contributed by atoms with Gasteiger partial charge in [-0.2, -0.15) is 4.37 Å². The zero-order valence-corrected chi connectivity index (χ0v) is 10.5. The summed E-state index contributed by atoms with van der Waals surface area (Å²) in [6.45, 7) is 6.31. The van der Waals surface area contributed by atoms with E-state index in [2.05, 4.69) is 14.7 Å². The highest BCUT2D eigenvalue weighted by atomic mass is 32.1. The van der Waals surface area contributed by atoms with Gasteiger partial charge in [-0.3, -0.25) is 4.79 Å². The van der Waals surface area contributed by atoms with Crippen molar-refractivity contribution < 1.29 is 9.90 Å². The molecule has 1 heterocycles. The van der Waals surface area contributed by atoms with Crippen LogP contribution in [-0.4, -0.2) is 27.0 Å². The number of carbonyl (C=O) groups is 1. The van der Waals surface area contributed by atoms with Crippen LogP contribution < -0.4 is 5.32 Å². The standard InChI is InChI=1S/C10H17N3O2S/c1-4-7(9(14)15)5-11-10-12-8(6(2)3)13-16-10/h6-7H,4-5H2,1-3H3,(H,14,15)(H,11,12,13). The highest BCUT2D eigenvalue weighted by Gasteiger charge is 2.15. The van der Waals surface area contributed by atoms with Crippen molar-refractivity contribution in [2.75, 3.05) is 11.9 Å². The summed E-state index contributed by atoms with van der Waals surface area (Å²) in [7, 11) is 0. The molecule has 0 aliphatic rings. The van der Waals surface area contributed by atoms with Crippen molar-refractivity contribution in [3.8, 4) is 0 Å². The lowest BCUT2D eigenvalue weighted by Crippen LogP contribution is -2.21. The van der Waals surface area contributed by atoms with E-state index in [-0.39, 0.29) is 5.92 Å². The van der Waals surface area contributed by atoms with Gasteiger partial charge in [0.25, 0.3) is 0 Å². The Morgan fingerprint density at radius 1 is 1.56 bits per heavy atom. The van der Waals surface area contributed by atoms with Crippen LogP contribution in [0.15, 0.2) is 0 Å². The molecule has 0 aromatic carbocycles. The van der Waals surface area contributed by atoms with Crippen LogP contribution >= 0.6 is 11.5 Å². The van der Waals surface area contributed by atoms with Crippen LogP contribution in [-0.2, 0) is 4.79 Å². The average Bonchev–Trinajstić information content (AvgIpc) is 2.67. The Bertz CT molecular complexity index is 352. The van der Waals surface area contributed by atoms with Crippen LogP contribution in [0.2, 0.25) is 0 Å². The summed E-state index contributed by atoms with van der Waals surface area (Å²) in [4.78, 5) is 15.1. The maximum atomic E-state index is 10.8. The molecule has 1 rings (SSSR count). The molecule has 0 spiro atoms. The Hall–Kier alpha value is -1.17. The van der Waals surface area contributed by atoms with Crippen LogP contribution in [0.5, 0.6) is 0 Å². The molecule has 0 saturated carbocycles. The molecular weight excluding hydrogens is 226 g/mol. The lowest BCUT2D eigenvalue weighted by molar-refractivity contribution is -0.141. The molecule has 0 fully saturated rings. The van der Waals surface area contributed by atoms with E-state index in [4.69, 9.17) is 5.11 Å². The first-order valence-electron chi connectivity index (χ1n) is 5.34. The van der Waals surface area contributed by atoms with E-state index in [9.17, 15) is 4.79 Å². The van der Waals surface area contributed by atoms with Crippen molar-refractivity contribution in [2.24, 2.45) is 5.92 Å². The first-order valence-corrected chi connectivity index (χ1v) is 6.12. The molecule has 1 atom stereocenters. The molecule has 0 amide bonds. The van der Waals surface area contributed by atoms with Gasteiger partial charge in [0.05, 0.1) is 5.92 Å². The number of hydrogen-bond donors (Lipinski definition) is 2. The maximum Gasteiger partial charge on any atom is 0.308 e. The lowest BCUT2D eigenvalue weighted by Gasteiger charge is -2.09. The van der Waals surface area contributed by atoms with Crippen molar-refractivity contribution in [1.29, 1.82) is 0 Å². The summed E-state index contributed by atoms with van der Waals surface area (Å²) < 4.78 is 4.18. The number of hydrogen-bond acceptors (Lipinski definition) is 5. The largest absolute Gasteiger partial charge is 0.481 e. The fourth-order valence-corrected chi connectivity index (χ4v) is 1.87. The molecule has 0 aliphatic heterocycles. The SMILES string of the molecule is CCC(CNc1nc(C(C)C)ns1)C(=O)O. The summed E-state index contributed by atoms with van der Waals surface area (Å²) >= 11 is 1.28. The number of carboxylic acid groups (broad SMARTS) is 1. The third-order valence-corrected chi connectivity index (χ3v) is 2.99. The molecule has 2 N–H and O–H groups in total. The van der Waals surface area contributed by atoms with E-state index in [1.807, 2.05) is 20.8 Å².